The molecule has 0 unspecified atom stereocenters. The number of carboxylic acid groups (broad SMARTS) is 1. The third-order valence-corrected chi connectivity index (χ3v) is 3.00. The lowest BCUT2D eigenvalue weighted by atomic mass is 10.1. The second kappa shape index (κ2) is 7.53. The summed E-state index contributed by atoms with van der Waals surface area (Å²) in [5, 5.41) is 11.6. The van der Waals surface area contributed by atoms with E-state index in [1.165, 1.54) is 0 Å². The number of carbonyl (C=O) groups excluding carboxylic acids is 1. The van der Waals surface area contributed by atoms with Crippen LogP contribution in [0.1, 0.15) is 30.9 Å². The van der Waals surface area contributed by atoms with Crippen molar-refractivity contribution in [3.05, 3.63) is 29.3 Å². The van der Waals surface area contributed by atoms with Gasteiger partial charge in [-0.3, -0.25) is 4.79 Å². The number of aliphatic carboxylic acids is 1. The van der Waals surface area contributed by atoms with Crippen LogP contribution in [0.5, 0.6) is 5.75 Å². The Balaban J connectivity index is 2.75. The summed E-state index contributed by atoms with van der Waals surface area (Å²) in [5.41, 5.74) is 1.78. The zero-order valence-electron chi connectivity index (χ0n) is 12.1. The number of methoxy groups -OCH3 is 1. The molecular formula is C15H21NO4. The third kappa shape index (κ3) is 4.57. The average molecular weight is 279 g/mol. The maximum Gasteiger partial charge on any atom is 0.326 e. The van der Waals surface area contributed by atoms with Gasteiger partial charge in [-0.1, -0.05) is 31.0 Å². The lowest BCUT2D eigenvalue weighted by molar-refractivity contribution is -0.141. The van der Waals surface area contributed by atoms with Crippen LogP contribution in [0.25, 0.3) is 0 Å². The first-order valence-electron chi connectivity index (χ1n) is 6.63. The highest BCUT2D eigenvalue weighted by atomic mass is 16.5. The van der Waals surface area contributed by atoms with Crippen molar-refractivity contribution in [1.29, 1.82) is 0 Å². The van der Waals surface area contributed by atoms with E-state index >= 15 is 0 Å². The number of hydrogen-bond acceptors (Lipinski definition) is 3. The van der Waals surface area contributed by atoms with Gasteiger partial charge in [-0.05, 0) is 19.4 Å². The van der Waals surface area contributed by atoms with Gasteiger partial charge in [-0.25, -0.2) is 4.79 Å². The predicted molar refractivity (Wildman–Crippen MR) is 75.9 cm³/mol. The van der Waals surface area contributed by atoms with E-state index in [-0.39, 0.29) is 12.3 Å². The van der Waals surface area contributed by atoms with E-state index in [1.54, 1.807) is 13.2 Å². The molecule has 20 heavy (non-hydrogen) atoms. The number of aryl methyl sites for hydroxylation is 1. The molecule has 1 rings (SSSR count). The normalized spacial score (nSPS) is 11.8. The van der Waals surface area contributed by atoms with Gasteiger partial charge in [0.05, 0.1) is 13.5 Å². The molecule has 0 aromatic heterocycles. The molecule has 0 fully saturated rings. The zero-order valence-corrected chi connectivity index (χ0v) is 12.1. The van der Waals surface area contributed by atoms with Crippen LogP contribution in [0.2, 0.25) is 0 Å². The van der Waals surface area contributed by atoms with Gasteiger partial charge in [-0.15, -0.1) is 0 Å². The number of ether oxygens (including phenoxy) is 1. The van der Waals surface area contributed by atoms with Gasteiger partial charge < -0.3 is 15.2 Å². The maximum atomic E-state index is 12.0. The molecular weight excluding hydrogens is 258 g/mol. The minimum Gasteiger partial charge on any atom is -0.496 e. The summed E-state index contributed by atoms with van der Waals surface area (Å²) >= 11 is 0. The van der Waals surface area contributed by atoms with Crippen molar-refractivity contribution in [2.75, 3.05) is 7.11 Å². The predicted octanol–water partition coefficient (Wildman–Crippen LogP) is 1.92. The molecule has 0 aliphatic rings. The summed E-state index contributed by atoms with van der Waals surface area (Å²) in [6.45, 7) is 3.81. The SMILES string of the molecule is CCC[C@@H](NC(=O)Cc1cc(C)ccc1OC)C(=O)O. The van der Waals surface area contributed by atoms with E-state index in [4.69, 9.17) is 9.84 Å². The molecule has 110 valence electrons. The number of carboxylic acids is 1. The average Bonchev–Trinajstić information content (AvgIpc) is 2.38. The van der Waals surface area contributed by atoms with Crippen molar-refractivity contribution in [3.8, 4) is 5.75 Å². The van der Waals surface area contributed by atoms with Crippen LogP contribution in [-0.2, 0) is 16.0 Å². The summed E-state index contributed by atoms with van der Waals surface area (Å²) < 4.78 is 5.20. The Morgan fingerprint density at radius 2 is 2.10 bits per heavy atom. The molecule has 1 atom stereocenters. The molecule has 2 N–H and O–H groups in total. The van der Waals surface area contributed by atoms with Gasteiger partial charge in [0.1, 0.15) is 11.8 Å². The van der Waals surface area contributed by atoms with Crippen molar-refractivity contribution >= 4 is 11.9 Å². The molecule has 0 spiro atoms. The highest BCUT2D eigenvalue weighted by Gasteiger charge is 2.19. The summed E-state index contributed by atoms with van der Waals surface area (Å²) in [6, 6.07) is 4.74. The van der Waals surface area contributed by atoms with Crippen LogP contribution in [0.3, 0.4) is 0 Å². The van der Waals surface area contributed by atoms with Crippen LogP contribution in [-0.4, -0.2) is 30.1 Å². The van der Waals surface area contributed by atoms with Crippen LogP contribution in [0.4, 0.5) is 0 Å². The Bertz CT molecular complexity index is 485. The Morgan fingerprint density at radius 1 is 1.40 bits per heavy atom. The molecule has 0 aliphatic heterocycles. The summed E-state index contributed by atoms with van der Waals surface area (Å²) in [5.74, 6) is -0.681. The lowest BCUT2D eigenvalue weighted by Crippen LogP contribution is -2.41. The van der Waals surface area contributed by atoms with E-state index in [0.29, 0.717) is 18.6 Å². The summed E-state index contributed by atoms with van der Waals surface area (Å²) in [6.07, 6.45) is 1.23. The quantitative estimate of drug-likeness (QED) is 0.799. The molecule has 1 amide bonds. The van der Waals surface area contributed by atoms with Crippen LogP contribution in [0.15, 0.2) is 18.2 Å². The van der Waals surface area contributed by atoms with Gasteiger partial charge in [0.25, 0.3) is 0 Å². The molecule has 5 nitrogen and oxygen atoms in total. The van der Waals surface area contributed by atoms with E-state index in [9.17, 15) is 9.59 Å². The fourth-order valence-electron chi connectivity index (χ4n) is 2.01. The van der Waals surface area contributed by atoms with E-state index < -0.39 is 12.0 Å². The van der Waals surface area contributed by atoms with Crippen molar-refractivity contribution in [2.45, 2.75) is 39.2 Å². The van der Waals surface area contributed by atoms with Gasteiger partial charge >= 0.3 is 5.97 Å². The van der Waals surface area contributed by atoms with Crippen molar-refractivity contribution in [3.63, 3.8) is 0 Å². The molecule has 0 heterocycles. The van der Waals surface area contributed by atoms with Crippen LogP contribution < -0.4 is 10.1 Å². The molecule has 5 heteroatoms. The molecule has 1 aromatic carbocycles. The maximum absolute atomic E-state index is 12.0. The minimum atomic E-state index is -1.00. The fraction of sp³-hybridized carbons (Fsp3) is 0.467. The van der Waals surface area contributed by atoms with Crippen molar-refractivity contribution < 1.29 is 19.4 Å². The Labute approximate surface area is 118 Å². The smallest absolute Gasteiger partial charge is 0.326 e. The minimum absolute atomic E-state index is 0.109. The van der Waals surface area contributed by atoms with Gasteiger partial charge in [0.2, 0.25) is 5.91 Å². The number of rotatable bonds is 7. The van der Waals surface area contributed by atoms with E-state index in [2.05, 4.69) is 5.32 Å². The highest BCUT2D eigenvalue weighted by molar-refractivity contribution is 5.85. The number of carbonyl (C=O) groups is 2. The van der Waals surface area contributed by atoms with Crippen molar-refractivity contribution in [2.24, 2.45) is 0 Å². The zero-order chi connectivity index (χ0) is 15.1. The summed E-state index contributed by atoms with van der Waals surface area (Å²) in [7, 11) is 1.54. The number of benzene rings is 1. The Morgan fingerprint density at radius 3 is 2.65 bits per heavy atom. The molecule has 0 radical (unpaired) electrons. The van der Waals surface area contributed by atoms with Crippen LogP contribution in [0, 0.1) is 6.92 Å². The molecule has 1 aromatic rings. The van der Waals surface area contributed by atoms with Gasteiger partial charge in [0, 0.05) is 5.56 Å². The Kier molecular flexibility index (Phi) is 6.03. The number of hydrogen-bond donors (Lipinski definition) is 2. The van der Waals surface area contributed by atoms with Crippen molar-refractivity contribution in [1.82, 2.24) is 5.32 Å². The fourth-order valence-corrected chi connectivity index (χ4v) is 2.01. The first kappa shape index (κ1) is 16.0. The molecule has 0 aliphatic carbocycles. The largest absolute Gasteiger partial charge is 0.496 e. The number of amides is 1. The van der Waals surface area contributed by atoms with E-state index in [1.807, 2.05) is 26.0 Å². The number of nitrogens with one attached hydrogen (secondary N) is 1. The second-order valence-electron chi connectivity index (χ2n) is 4.74. The Hall–Kier alpha value is -2.04. The standard InChI is InChI=1S/C15H21NO4/c1-4-5-12(15(18)19)16-14(17)9-11-8-10(2)6-7-13(11)20-3/h6-8,12H,4-5,9H2,1-3H3,(H,16,17)(H,18,19)/t12-/m1/s1. The van der Waals surface area contributed by atoms with E-state index in [0.717, 1.165) is 11.1 Å². The first-order chi connectivity index (χ1) is 9.47. The third-order valence-electron chi connectivity index (χ3n) is 3.00. The molecule has 0 saturated heterocycles. The monoisotopic (exact) mass is 279 g/mol. The first-order valence-corrected chi connectivity index (χ1v) is 6.63. The topological polar surface area (TPSA) is 75.6 Å². The highest BCUT2D eigenvalue weighted by Crippen LogP contribution is 2.20. The molecule has 0 bridgehead atoms. The lowest BCUT2D eigenvalue weighted by Gasteiger charge is -2.14. The van der Waals surface area contributed by atoms with Crippen LogP contribution >= 0.6 is 0 Å². The van der Waals surface area contributed by atoms with Gasteiger partial charge in [0.15, 0.2) is 0 Å². The summed E-state index contributed by atoms with van der Waals surface area (Å²) in [4.78, 5) is 23.0. The van der Waals surface area contributed by atoms with Gasteiger partial charge in [-0.2, -0.15) is 0 Å². The second-order valence-corrected chi connectivity index (χ2v) is 4.74. The molecule has 0 saturated carbocycles.